The molecule has 1 aromatic carbocycles. The van der Waals surface area contributed by atoms with Gasteiger partial charge in [0.25, 0.3) is 0 Å². The van der Waals surface area contributed by atoms with Crippen molar-refractivity contribution in [1.29, 1.82) is 0 Å². The predicted molar refractivity (Wildman–Crippen MR) is 129 cm³/mol. The van der Waals surface area contributed by atoms with Crippen molar-refractivity contribution in [3.63, 3.8) is 0 Å². The lowest BCUT2D eigenvalue weighted by Crippen LogP contribution is -2.44. The van der Waals surface area contributed by atoms with Crippen molar-refractivity contribution in [1.82, 2.24) is 15.5 Å². The first-order valence-electron chi connectivity index (χ1n) is 9.79. The molecule has 0 spiro atoms. The summed E-state index contributed by atoms with van der Waals surface area (Å²) < 4.78 is 28.5. The monoisotopic (exact) mass is 552 g/mol. The Morgan fingerprint density at radius 1 is 1.27 bits per heavy atom. The zero-order valence-electron chi connectivity index (χ0n) is 18.3. The third-order valence-corrected chi connectivity index (χ3v) is 5.43. The summed E-state index contributed by atoms with van der Waals surface area (Å²) in [6.45, 7) is 10.1. The molecule has 30 heavy (non-hydrogen) atoms. The number of carbonyl (C=O) groups is 1. The zero-order valence-corrected chi connectivity index (χ0v) is 21.4. The average molecular weight is 552 g/mol. The van der Waals surface area contributed by atoms with Crippen molar-refractivity contribution in [2.75, 3.05) is 25.9 Å². The Morgan fingerprint density at radius 2 is 1.90 bits per heavy atom. The summed E-state index contributed by atoms with van der Waals surface area (Å²) in [5, 5.41) is 6.19. The van der Waals surface area contributed by atoms with Gasteiger partial charge in [-0.25, -0.2) is 18.2 Å². The van der Waals surface area contributed by atoms with Crippen LogP contribution in [-0.2, 0) is 21.1 Å². The molecule has 2 N–H and O–H groups in total. The molecule has 1 amide bonds. The fourth-order valence-electron chi connectivity index (χ4n) is 2.98. The number of ether oxygens (including phenoxy) is 1. The molecule has 1 aliphatic rings. The van der Waals surface area contributed by atoms with Crippen LogP contribution < -0.4 is 10.6 Å². The number of nitrogens with one attached hydrogen (secondary N) is 2. The summed E-state index contributed by atoms with van der Waals surface area (Å²) in [6, 6.07) is 6.76. The van der Waals surface area contributed by atoms with Crippen LogP contribution in [0.1, 0.15) is 39.7 Å². The van der Waals surface area contributed by atoms with Gasteiger partial charge in [0.05, 0.1) is 17.5 Å². The maximum absolute atomic E-state index is 12.0. The van der Waals surface area contributed by atoms with E-state index in [-0.39, 0.29) is 30.0 Å². The predicted octanol–water partition coefficient (Wildman–Crippen LogP) is 2.77. The molecule has 10 heteroatoms. The second kappa shape index (κ2) is 11.2. The van der Waals surface area contributed by atoms with Crippen molar-refractivity contribution < 1.29 is 17.9 Å². The minimum absolute atomic E-state index is 0. The van der Waals surface area contributed by atoms with Gasteiger partial charge in [-0.15, -0.1) is 24.0 Å². The van der Waals surface area contributed by atoms with Gasteiger partial charge < -0.3 is 20.3 Å². The number of hydrogen-bond donors (Lipinski definition) is 2. The Bertz CT molecular complexity index is 835. The molecular formula is C20H33IN4O4S. The SMILES string of the molecule is CCNC(=NCc1ccc(S(C)(=O)=O)cc1)N1CCC(NC(=O)OC(C)(C)C)C1.I. The Balaban J connectivity index is 0.00000450. The highest BCUT2D eigenvalue weighted by atomic mass is 127. The number of alkyl carbamates (subject to hydrolysis) is 1. The van der Waals surface area contributed by atoms with E-state index in [2.05, 4.69) is 20.5 Å². The maximum atomic E-state index is 12.0. The van der Waals surface area contributed by atoms with Gasteiger partial charge in [0.2, 0.25) is 0 Å². The van der Waals surface area contributed by atoms with Gasteiger partial charge in [0, 0.05) is 25.9 Å². The lowest BCUT2D eigenvalue weighted by atomic mass is 10.2. The van der Waals surface area contributed by atoms with Gasteiger partial charge in [-0.1, -0.05) is 12.1 Å². The molecule has 1 atom stereocenters. The van der Waals surface area contributed by atoms with Gasteiger partial charge in [0.1, 0.15) is 5.60 Å². The van der Waals surface area contributed by atoms with E-state index in [1.807, 2.05) is 27.7 Å². The zero-order chi connectivity index (χ0) is 21.7. The average Bonchev–Trinajstić information content (AvgIpc) is 3.04. The number of benzene rings is 1. The quantitative estimate of drug-likeness (QED) is 0.331. The van der Waals surface area contributed by atoms with Crippen molar-refractivity contribution in [2.24, 2.45) is 4.99 Å². The van der Waals surface area contributed by atoms with Crippen LogP contribution >= 0.6 is 24.0 Å². The Morgan fingerprint density at radius 3 is 2.43 bits per heavy atom. The molecule has 1 heterocycles. The first kappa shape index (κ1) is 26.5. The number of likely N-dealkylation sites (tertiary alicyclic amines) is 1. The number of hydrogen-bond acceptors (Lipinski definition) is 5. The van der Waals surface area contributed by atoms with Gasteiger partial charge >= 0.3 is 6.09 Å². The van der Waals surface area contributed by atoms with Crippen LogP contribution in [-0.4, -0.2) is 62.9 Å². The first-order valence-corrected chi connectivity index (χ1v) is 11.7. The van der Waals surface area contributed by atoms with E-state index in [4.69, 9.17) is 4.74 Å². The summed E-state index contributed by atoms with van der Waals surface area (Å²) in [5.41, 5.74) is 0.404. The van der Waals surface area contributed by atoms with Gasteiger partial charge in [-0.2, -0.15) is 0 Å². The van der Waals surface area contributed by atoms with E-state index >= 15 is 0 Å². The summed E-state index contributed by atoms with van der Waals surface area (Å²) in [4.78, 5) is 19.1. The number of rotatable bonds is 5. The molecule has 170 valence electrons. The lowest BCUT2D eigenvalue weighted by Gasteiger charge is -2.23. The highest BCUT2D eigenvalue weighted by Crippen LogP contribution is 2.14. The molecule has 1 saturated heterocycles. The third kappa shape index (κ3) is 8.66. The van der Waals surface area contributed by atoms with Crippen LogP contribution in [0.4, 0.5) is 4.79 Å². The number of aliphatic imine (C=N–C) groups is 1. The number of halogens is 1. The van der Waals surface area contributed by atoms with E-state index < -0.39 is 21.5 Å². The molecule has 1 fully saturated rings. The summed E-state index contributed by atoms with van der Waals surface area (Å²) in [7, 11) is -3.20. The smallest absolute Gasteiger partial charge is 0.407 e. The summed E-state index contributed by atoms with van der Waals surface area (Å²) >= 11 is 0. The van der Waals surface area contributed by atoms with Crippen LogP contribution in [0.25, 0.3) is 0 Å². The standard InChI is InChI=1S/C20H32N4O4S.HI/c1-6-21-18(22-13-15-7-9-17(10-8-15)29(5,26)27)24-12-11-16(14-24)23-19(25)28-20(2,3)4;/h7-10,16H,6,11-14H2,1-5H3,(H,21,22)(H,23,25);1H. The number of carbonyl (C=O) groups excluding carboxylic acids is 1. The van der Waals surface area contributed by atoms with Gasteiger partial charge in [-0.05, 0) is 51.8 Å². The molecule has 1 aromatic rings. The summed E-state index contributed by atoms with van der Waals surface area (Å²) in [6.07, 6.45) is 1.60. The highest BCUT2D eigenvalue weighted by molar-refractivity contribution is 14.0. The first-order chi connectivity index (χ1) is 13.5. The molecule has 0 bridgehead atoms. The van der Waals surface area contributed by atoms with E-state index in [0.29, 0.717) is 18.0 Å². The van der Waals surface area contributed by atoms with E-state index in [1.165, 1.54) is 6.26 Å². The van der Waals surface area contributed by atoms with E-state index in [0.717, 1.165) is 31.0 Å². The van der Waals surface area contributed by atoms with Crippen molar-refractivity contribution in [2.45, 2.75) is 57.2 Å². The van der Waals surface area contributed by atoms with E-state index in [9.17, 15) is 13.2 Å². The number of guanidine groups is 1. The van der Waals surface area contributed by atoms with Crippen molar-refractivity contribution >= 4 is 45.9 Å². The number of amides is 1. The third-order valence-electron chi connectivity index (χ3n) is 4.31. The molecule has 0 saturated carbocycles. The lowest BCUT2D eigenvalue weighted by molar-refractivity contribution is 0.0507. The number of sulfone groups is 1. The molecule has 8 nitrogen and oxygen atoms in total. The van der Waals surface area contributed by atoms with Crippen LogP contribution in [0.5, 0.6) is 0 Å². The molecular weight excluding hydrogens is 519 g/mol. The topological polar surface area (TPSA) is 100 Å². The fraction of sp³-hybridized carbons (Fsp3) is 0.600. The Kier molecular flexibility index (Phi) is 9.86. The second-order valence-corrected chi connectivity index (χ2v) is 10.2. The van der Waals surface area contributed by atoms with Crippen LogP contribution in [0.3, 0.4) is 0 Å². The van der Waals surface area contributed by atoms with Gasteiger partial charge in [0.15, 0.2) is 15.8 Å². The summed E-state index contributed by atoms with van der Waals surface area (Å²) in [5.74, 6) is 0.771. The molecule has 1 unspecified atom stereocenters. The Labute approximate surface area is 196 Å². The van der Waals surface area contributed by atoms with Crippen LogP contribution in [0.15, 0.2) is 34.2 Å². The van der Waals surface area contributed by atoms with Crippen molar-refractivity contribution in [3.05, 3.63) is 29.8 Å². The molecule has 1 aliphatic heterocycles. The molecule has 0 aliphatic carbocycles. The van der Waals surface area contributed by atoms with Crippen molar-refractivity contribution in [3.8, 4) is 0 Å². The normalized spacial score (nSPS) is 17.3. The largest absolute Gasteiger partial charge is 0.444 e. The fourth-order valence-corrected chi connectivity index (χ4v) is 3.61. The second-order valence-electron chi connectivity index (χ2n) is 8.16. The van der Waals surface area contributed by atoms with Crippen LogP contribution in [0, 0.1) is 0 Å². The Hall–Kier alpha value is -1.56. The molecule has 2 rings (SSSR count). The van der Waals surface area contributed by atoms with E-state index in [1.54, 1.807) is 24.3 Å². The van der Waals surface area contributed by atoms with Gasteiger partial charge in [-0.3, -0.25) is 0 Å². The molecule has 0 aromatic heterocycles. The highest BCUT2D eigenvalue weighted by Gasteiger charge is 2.27. The van der Waals surface area contributed by atoms with Crippen LogP contribution in [0.2, 0.25) is 0 Å². The number of nitrogens with zero attached hydrogens (tertiary/aromatic N) is 2. The minimum Gasteiger partial charge on any atom is -0.444 e. The maximum Gasteiger partial charge on any atom is 0.407 e. The molecule has 0 radical (unpaired) electrons. The minimum atomic E-state index is -3.20.